The van der Waals surface area contributed by atoms with Crippen molar-refractivity contribution in [3.63, 3.8) is 0 Å². The molecule has 0 saturated carbocycles. The summed E-state index contributed by atoms with van der Waals surface area (Å²) in [5, 5.41) is 20.5. The SMILES string of the molecule is CC(C)(C)N(CC1(O)CCN(c2cc(F)cc(Oc3cccc(F)c3)c2F)CC1)C(=O)O. The summed E-state index contributed by atoms with van der Waals surface area (Å²) in [7, 11) is 0. The van der Waals surface area contributed by atoms with Crippen LogP contribution in [-0.4, -0.2) is 52.0 Å². The van der Waals surface area contributed by atoms with Crippen LogP contribution in [0.4, 0.5) is 23.7 Å². The minimum Gasteiger partial charge on any atom is -0.465 e. The lowest BCUT2D eigenvalue weighted by molar-refractivity contribution is -0.0313. The number of rotatable bonds is 5. The second kappa shape index (κ2) is 8.90. The van der Waals surface area contributed by atoms with Crippen molar-refractivity contribution >= 4 is 11.8 Å². The summed E-state index contributed by atoms with van der Waals surface area (Å²) in [6.07, 6.45) is -0.796. The van der Waals surface area contributed by atoms with Gasteiger partial charge in [-0.15, -0.1) is 0 Å². The molecule has 0 aliphatic carbocycles. The van der Waals surface area contributed by atoms with E-state index in [0.29, 0.717) is 0 Å². The molecule has 2 aromatic rings. The zero-order valence-corrected chi connectivity index (χ0v) is 18.2. The summed E-state index contributed by atoms with van der Waals surface area (Å²) >= 11 is 0. The van der Waals surface area contributed by atoms with Gasteiger partial charge < -0.3 is 24.7 Å². The van der Waals surface area contributed by atoms with Crippen molar-refractivity contribution in [3.05, 3.63) is 53.8 Å². The molecule has 9 heteroatoms. The van der Waals surface area contributed by atoms with Crippen LogP contribution < -0.4 is 9.64 Å². The molecule has 2 N–H and O–H groups in total. The highest BCUT2D eigenvalue weighted by Crippen LogP contribution is 2.36. The van der Waals surface area contributed by atoms with Crippen LogP contribution in [0.5, 0.6) is 11.5 Å². The Bertz CT molecular complexity index is 986. The highest BCUT2D eigenvalue weighted by atomic mass is 19.1. The molecule has 1 heterocycles. The maximum absolute atomic E-state index is 15.1. The summed E-state index contributed by atoms with van der Waals surface area (Å²) in [6, 6.07) is 7.02. The lowest BCUT2D eigenvalue weighted by Crippen LogP contribution is -2.56. The van der Waals surface area contributed by atoms with E-state index in [0.717, 1.165) is 18.2 Å². The van der Waals surface area contributed by atoms with Crippen LogP contribution in [0.1, 0.15) is 33.6 Å². The molecular weight excluding hydrogens is 425 g/mol. The summed E-state index contributed by atoms with van der Waals surface area (Å²) in [6.45, 7) is 5.51. The fourth-order valence-electron chi connectivity index (χ4n) is 3.72. The van der Waals surface area contributed by atoms with Crippen LogP contribution in [0.25, 0.3) is 0 Å². The molecule has 0 bridgehead atoms. The number of aliphatic hydroxyl groups is 1. The third-order valence-electron chi connectivity index (χ3n) is 5.54. The van der Waals surface area contributed by atoms with Crippen LogP contribution in [0.2, 0.25) is 0 Å². The number of hydrogen-bond donors (Lipinski definition) is 2. The van der Waals surface area contributed by atoms with Crippen molar-refractivity contribution < 1.29 is 32.9 Å². The first-order valence-corrected chi connectivity index (χ1v) is 10.3. The summed E-state index contributed by atoms with van der Waals surface area (Å²) < 4.78 is 48.1. The Hall–Kier alpha value is -2.94. The molecule has 0 atom stereocenters. The van der Waals surface area contributed by atoms with Crippen molar-refractivity contribution in [1.29, 1.82) is 0 Å². The van der Waals surface area contributed by atoms with Gasteiger partial charge in [0.05, 0.1) is 17.8 Å². The molecule has 32 heavy (non-hydrogen) atoms. The van der Waals surface area contributed by atoms with E-state index in [1.165, 1.54) is 23.1 Å². The predicted molar refractivity (Wildman–Crippen MR) is 114 cm³/mol. The highest BCUT2D eigenvalue weighted by Gasteiger charge is 2.39. The molecule has 3 rings (SSSR count). The van der Waals surface area contributed by atoms with E-state index in [1.54, 1.807) is 25.7 Å². The zero-order chi connectivity index (χ0) is 23.7. The van der Waals surface area contributed by atoms with E-state index in [2.05, 4.69) is 0 Å². The third kappa shape index (κ3) is 5.45. The molecule has 0 unspecified atom stereocenters. The van der Waals surface area contributed by atoms with Crippen LogP contribution >= 0.6 is 0 Å². The number of amides is 1. The molecule has 0 aromatic heterocycles. The number of ether oxygens (including phenoxy) is 1. The van der Waals surface area contributed by atoms with Crippen molar-refractivity contribution in [3.8, 4) is 11.5 Å². The average molecular weight is 452 g/mol. The van der Waals surface area contributed by atoms with Gasteiger partial charge in [0.15, 0.2) is 11.6 Å². The molecular formula is C23H27F3N2O4. The van der Waals surface area contributed by atoms with E-state index < -0.39 is 34.7 Å². The van der Waals surface area contributed by atoms with Crippen LogP contribution in [0, 0.1) is 17.5 Å². The molecule has 1 fully saturated rings. The number of carboxylic acid groups (broad SMARTS) is 1. The van der Waals surface area contributed by atoms with Crippen molar-refractivity contribution in [2.24, 2.45) is 0 Å². The quantitative estimate of drug-likeness (QED) is 0.668. The van der Waals surface area contributed by atoms with Gasteiger partial charge in [-0.25, -0.2) is 18.0 Å². The van der Waals surface area contributed by atoms with Gasteiger partial charge in [-0.1, -0.05) is 6.07 Å². The molecule has 0 radical (unpaired) electrons. The summed E-state index contributed by atoms with van der Waals surface area (Å²) in [4.78, 5) is 14.4. The first-order valence-electron chi connectivity index (χ1n) is 10.3. The largest absolute Gasteiger partial charge is 0.465 e. The van der Waals surface area contributed by atoms with Gasteiger partial charge in [-0.3, -0.25) is 0 Å². The molecule has 0 spiro atoms. The first kappa shape index (κ1) is 23.7. The monoisotopic (exact) mass is 452 g/mol. The first-order chi connectivity index (χ1) is 14.9. The number of anilines is 1. The molecule has 1 amide bonds. The highest BCUT2D eigenvalue weighted by molar-refractivity contribution is 5.66. The Kier molecular flexibility index (Phi) is 6.59. The van der Waals surface area contributed by atoms with Crippen LogP contribution in [0.3, 0.4) is 0 Å². The van der Waals surface area contributed by atoms with Crippen molar-refractivity contribution in [1.82, 2.24) is 4.90 Å². The Morgan fingerprint density at radius 1 is 1.12 bits per heavy atom. The van der Waals surface area contributed by atoms with Crippen LogP contribution in [-0.2, 0) is 0 Å². The minimum atomic E-state index is -1.28. The lowest BCUT2D eigenvalue weighted by Gasteiger charge is -2.44. The maximum Gasteiger partial charge on any atom is 0.407 e. The Labute approximate surface area is 184 Å². The zero-order valence-electron chi connectivity index (χ0n) is 18.2. The Morgan fingerprint density at radius 2 is 1.78 bits per heavy atom. The maximum atomic E-state index is 15.1. The fourth-order valence-corrected chi connectivity index (χ4v) is 3.72. The minimum absolute atomic E-state index is 0.0319. The second-order valence-electron chi connectivity index (χ2n) is 9.05. The molecule has 6 nitrogen and oxygen atoms in total. The van der Waals surface area contributed by atoms with E-state index in [4.69, 9.17) is 4.74 Å². The Morgan fingerprint density at radius 3 is 2.34 bits per heavy atom. The molecule has 1 saturated heterocycles. The number of benzene rings is 2. The van der Waals surface area contributed by atoms with E-state index >= 15 is 4.39 Å². The molecule has 174 valence electrons. The predicted octanol–water partition coefficient (Wildman–Crippen LogP) is 5.01. The van der Waals surface area contributed by atoms with Gasteiger partial charge in [0.25, 0.3) is 0 Å². The summed E-state index contributed by atoms with van der Waals surface area (Å²) in [5.74, 6) is -2.44. The smallest absolute Gasteiger partial charge is 0.407 e. The number of piperidine rings is 1. The third-order valence-corrected chi connectivity index (χ3v) is 5.54. The van der Waals surface area contributed by atoms with E-state index in [9.17, 15) is 23.8 Å². The van der Waals surface area contributed by atoms with E-state index in [1.807, 2.05) is 0 Å². The lowest BCUT2D eigenvalue weighted by atomic mass is 9.89. The van der Waals surface area contributed by atoms with Crippen LogP contribution in [0.15, 0.2) is 36.4 Å². The van der Waals surface area contributed by atoms with E-state index in [-0.39, 0.29) is 49.7 Å². The molecule has 1 aliphatic rings. The number of halogens is 3. The second-order valence-corrected chi connectivity index (χ2v) is 9.05. The van der Waals surface area contributed by atoms with Gasteiger partial charge in [-0.05, 0) is 45.7 Å². The van der Waals surface area contributed by atoms with Gasteiger partial charge in [0, 0.05) is 36.8 Å². The summed E-state index contributed by atoms with van der Waals surface area (Å²) in [5.41, 5.74) is -2.02. The Balaban J connectivity index is 1.76. The van der Waals surface area contributed by atoms with Crippen molar-refractivity contribution in [2.75, 3.05) is 24.5 Å². The normalized spacial score (nSPS) is 16.0. The molecule has 1 aliphatic heterocycles. The number of β-amino-alcohol motifs (C(OH)–C–C–N with tert-alkyl or cyclic N) is 1. The van der Waals surface area contributed by atoms with Gasteiger partial charge in [0.1, 0.15) is 17.4 Å². The number of nitrogens with zero attached hydrogens (tertiary/aromatic N) is 2. The molecule has 2 aromatic carbocycles. The van der Waals surface area contributed by atoms with Gasteiger partial charge >= 0.3 is 6.09 Å². The number of hydrogen-bond acceptors (Lipinski definition) is 4. The standard InChI is InChI=1S/C23H27F3N2O4/c1-22(2,3)28(21(29)30)14-23(31)7-9-27(10-8-23)18-12-16(25)13-19(20(18)26)32-17-6-4-5-15(24)11-17/h4-6,11-13,31H,7-10,14H2,1-3H3,(H,29,30). The van der Waals surface area contributed by atoms with Gasteiger partial charge in [-0.2, -0.15) is 0 Å². The van der Waals surface area contributed by atoms with Gasteiger partial charge in [0.2, 0.25) is 0 Å². The number of carbonyl (C=O) groups is 1. The fraction of sp³-hybridized carbons (Fsp3) is 0.435. The average Bonchev–Trinajstić information content (AvgIpc) is 2.68. The van der Waals surface area contributed by atoms with Crippen molar-refractivity contribution in [2.45, 2.75) is 44.8 Å². The topological polar surface area (TPSA) is 73.2 Å².